The second-order valence-electron chi connectivity index (χ2n) is 3.97. The quantitative estimate of drug-likeness (QED) is 0.883. The van der Waals surface area contributed by atoms with Gasteiger partial charge in [-0.15, -0.1) is 0 Å². The molecule has 2 rings (SSSR count). The molecule has 1 aliphatic rings. The van der Waals surface area contributed by atoms with Crippen LogP contribution in [0.2, 0.25) is 5.02 Å². The van der Waals surface area contributed by atoms with Crippen LogP contribution in [0.4, 0.5) is 4.39 Å². The summed E-state index contributed by atoms with van der Waals surface area (Å²) >= 11 is 5.46. The van der Waals surface area contributed by atoms with Crippen molar-refractivity contribution in [1.82, 2.24) is 4.72 Å². The molecule has 1 saturated carbocycles. The molecule has 1 aliphatic carbocycles. The molecule has 0 radical (unpaired) electrons. The van der Waals surface area contributed by atoms with Crippen LogP contribution in [0, 0.1) is 5.82 Å². The number of hydrogen-bond acceptors (Lipinski definition) is 3. The van der Waals surface area contributed by atoms with E-state index in [2.05, 4.69) is 4.72 Å². The van der Waals surface area contributed by atoms with E-state index < -0.39 is 37.3 Å². The first-order valence-electron chi connectivity index (χ1n) is 5.06. The zero-order chi connectivity index (χ0) is 13.5. The number of sulfonamides is 1. The Hall–Kier alpha value is -1.18. The standard InChI is InChI=1S/C10H9ClFNO4S/c11-9-7(10(14)15)3-6(4-8(9)12)18(16,17)13-5-1-2-5/h3-5,13H,1-2H2,(H,14,15). The van der Waals surface area contributed by atoms with Crippen molar-refractivity contribution in [2.75, 3.05) is 0 Å². The van der Waals surface area contributed by atoms with Gasteiger partial charge in [-0.05, 0) is 25.0 Å². The van der Waals surface area contributed by atoms with Gasteiger partial charge in [0.15, 0.2) is 0 Å². The SMILES string of the molecule is O=C(O)c1cc(S(=O)(=O)NC2CC2)cc(F)c1Cl. The summed E-state index contributed by atoms with van der Waals surface area (Å²) in [6.45, 7) is 0. The molecule has 1 aromatic carbocycles. The van der Waals surface area contributed by atoms with Crippen molar-refractivity contribution < 1.29 is 22.7 Å². The smallest absolute Gasteiger partial charge is 0.337 e. The Labute approximate surface area is 108 Å². The predicted molar refractivity (Wildman–Crippen MR) is 61.7 cm³/mol. The maximum absolute atomic E-state index is 13.4. The molecule has 2 N–H and O–H groups in total. The van der Waals surface area contributed by atoms with Gasteiger partial charge < -0.3 is 5.11 Å². The lowest BCUT2D eigenvalue weighted by molar-refractivity contribution is 0.0696. The van der Waals surface area contributed by atoms with Crippen LogP contribution in [-0.4, -0.2) is 25.5 Å². The van der Waals surface area contributed by atoms with Gasteiger partial charge in [0.1, 0.15) is 5.82 Å². The van der Waals surface area contributed by atoms with E-state index in [1.54, 1.807) is 0 Å². The number of carboxylic acids is 1. The molecule has 98 valence electrons. The molecule has 1 aromatic rings. The summed E-state index contributed by atoms with van der Waals surface area (Å²) in [5.74, 6) is -2.56. The van der Waals surface area contributed by atoms with Crippen molar-refractivity contribution in [3.63, 3.8) is 0 Å². The molecule has 0 spiro atoms. The monoisotopic (exact) mass is 293 g/mol. The van der Waals surface area contributed by atoms with Crippen LogP contribution in [0.5, 0.6) is 0 Å². The molecule has 0 amide bonds. The maximum Gasteiger partial charge on any atom is 0.337 e. The summed E-state index contributed by atoms with van der Waals surface area (Å²) in [7, 11) is -3.90. The van der Waals surface area contributed by atoms with E-state index in [1.165, 1.54) is 0 Å². The number of halogens is 2. The molecule has 18 heavy (non-hydrogen) atoms. The summed E-state index contributed by atoms with van der Waals surface area (Å²) in [5, 5.41) is 8.20. The molecule has 0 saturated heterocycles. The third-order valence-corrected chi connectivity index (χ3v) is 4.33. The number of carbonyl (C=O) groups is 1. The van der Waals surface area contributed by atoms with Crippen LogP contribution in [0.15, 0.2) is 17.0 Å². The van der Waals surface area contributed by atoms with E-state index in [4.69, 9.17) is 16.7 Å². The van der Waals surface area contributed by atoms with Crippen molar-refractivity contribution in [3.8, 4) is 0 Å². The fourth-order valence-corrected chi connectivity index (χ4v) is 2.90. The van der Waals surface area contributed by atoms with Gasteiger partial charge in [0.2, 0.25) is 10.0 Å². The molecule has 8 heteroatoms. The van der Waals surface area contributed by atoms with Crippen LogP contribution in [0.25, 0.3) is 0 Å². The Balaban J connectivity index is 2.48. The predicted octanol–water partition coefficient (Wildman–Crippen LogP) is 1.62. The zero-order valence-electron chi connectivity index (χ0n) is 8.98. The van der Waals surface area contributed by atoms with E-state index in [0.29, 0.717) is 6.07 Å². The molecule has 0 unspecified atom stereocenters. The maximum atomic E-state index is 13.4. The average molecular weight is 294 g/mol. The van der Waals surface area contributed by atoms with Crippen LogP contribution in [-0.2, 0) is 10.0 Å². The molecule has 0 atom stereocenters. The largest absolute Gasteiger partial charge is 0.478 e. The Bertz CT molecular complexity index is 613. The van der Waals surface area contributed by atoms with Gasteiger partial charge in [0.05, 0.1) is 15.5 Å². The lowest BCUT2D eigenvalue weighted by Gasteiger charge is -2.08. The van der Waals surface area contributed by atoms with Crippen LogP contribution in [0.3, 0.4) is 0 Å². The Kier molecular flexibility index (Phi) is 3.31. The summed E-state index contributed by atoms with van der Waals surface area (Å²) < 4.78 is 39.3. The number of hydrogen-bond donors (Lipinski definition) is 2. The number of rotatable bonds is 4. The molecular weight excluding hydrogens is 285 g/mol. The lowest BCUT2D eigenvalue weighted by atomic mass is 10.2. The van der Waals surface area contributed by atoms with Crippen molar-refractivity contribution in [1.29, 1.82) is 0 Å². The summed E-state index contributed by atoms with van der Waals surface area (Å²) in [4.78, 5) is 10.4. The van der Waals surface area contributed by atoms with Gasteiger partial charge in [0.25, 0.3) is 0 Å². The highest BCUT2D eigenvalue weighted by Gasteiger charge is 2.29. The van der Waals surface area contributed by atoms with Gasteiger partial charge in [-0.2, -0.15) is 0 Å². The number of benzene rings is 1. The minimum Gasteiger partial charge on any atom is -0.478 e. The second kappa shape index (κ2) is 4.49. The normalized spacial score (nSPS) is 15.7. The third-order valence-electron chi connectivity index (χ3n) is 2.44. The minimum atomic E-state index is -3.90. The minimum absolute atomic E-state index is 0.151. The lowest BCUT2D eigenvalue weighted by Crippen LogP contribution is -2.26. The van der Waals surface area contributed by atoms with Gasteiger partial charge in [0, 0.05) is 6.04 Å². The van der Waals surface area contributed by atoms with Crippen LogP contribution >= 0.6 is 11.6 Å². The summed E-state index contributed by atoms with van der Waals surface area (Å²) in [6.07, 6.45) is 1.45. The highest BCUT2D eigenvalue weighted by molar-refractivity contribution is 7.89. The van der Waals surface area contributed by atoms with E-state index in [9.17, 15) is 17.6 Å². The van der Waals surface area contributed by atoms with Crippen LogP contribution < -0.4 is 4.72 Å². The summed E-state index contributed by atoms with van der Waals surface area (Å²) in [5.41, 5.74) is -0.576. The van der Waals surface area contributed by atoms with Crippen LogP contribution in [0.1, 0.15) is 23.2 Å². The topological polar surface area (TPSA) is 83.5 Å². The second-order valence-corrected chi connectivity index (χ2v) is 6.06. The first-order chi connectivity index (χ1) is 8.31. The molecule has 0 heterocycles. The van der Waals surface area contributed by atoms with E-state index >= 15 is 0 Å². The van der Waals surface area contributed by atoms with Crippen molar-refractivity contribution >= 4 is 27.6 Å². The van der Waals surface area contributed by atoms with Gasteiger partial charge in [-0.1, -0.05) is 11.6 Å². The van der Waals surface area contributed by atoms with Gasteiger partial charge in [-0.25, -0.2) is 22.3 Å². The van der Waals surface area contributed by atoms with Crippen molar-refractivity contribution in [2.24, 2.45) is 0 Å². The van der Waals surface area contributed by atoms with Crippen molar-refractivity contribution in [3.05, 3.63) is 28.5 Å². The zero-order valence-corrected chi connectivity index (χ0v) is 10.6. The Morgan fingerprint density at radius 2 is 2.06 bits per heavy atom. The van der Waals surface area contributed by atoms with Gasteiger partial charge in [-0.3, -0.25) is 0 Å². The molecule has 5 nitrogen and oxygen atoms in total. The van der Waals surface area contributed by atoms with Gasteiger partial charge >= 0.3 is 5.97 Å². The Morgan fingerprint density at radius 3 is 2.56 bits per heavy atom. The molecule has 1 fully saturated rings. The van der Waals surface area contributed by atoms with E-state index in [0.717, 1.165) is 18.9 Å². The first kappa shape index (κ1) is 13.3. The number of aromatic carboxylic acids is 1. The number of nitrogens with one attached hydrogen (secondary N) is 1. The molecule has 0 bridgehead atoms. The molecule has 0 aliphatic heterocycles. The Morgan fingerprint density at radius 1 is 1.44 bits per heavy atom. The van der Waals surface area contributed by atoms with E-state index in [-0.39, 0.29) is 6.04 Å². The van der Waals surface area contributed by atoms with Crippen molar-refractivity contribution in [2.45, 2.75) is 23.8 Å². The number of carboxylic acid groups (broad SMARTS) is 1. The first-order valence-corrected chi connectivity index (χ1v) is 6.92. The highest BCUT2D eigenvalue weighted by atomic mass is 35.5. The summed E-state index contributed by atoms with van der Waals surface area (Å²) in [6, 6.07) is 1.40. The fourth-order valence-electron chi connectivity index (χ4n) is 1.36. The average Bonchev–Trinajstić information content (AvgIpc) is 3.04. The van der Waals surface area contributed by atoms with E-state index in [1.807, 2.05) is 0 Å². The highest BCUT2D eigenvalue weighted by Crippen LogP contribution is 2.26. The fraction of sp³-hybridized carbons (Fsp3) is 0.300. The third kappa shape index (κ3) is 2.63. The molecule has 0 aromatic heterocycles. The molecular formula is C10H9ClFNO4S.